The van der Waals surface area contributed by atoms with Crippen LogP contribution in [-0.4, -0.2) is 70.2 Å². The Hall–Kier alpha value is -5.49. The third-order valence-electron chi connectivity index (χ3n) is 9.37. The zero-order valence-electron chi connectivity index (χ0n) is 33.1. The monoisotopic (exact) mass is 812 g/mol. The first kappa shape index (κ1) is 43.6. The third-order valence-corrected chi connectivity index (χ3v) is 9.62. The molecule has 0 saturated heterocycles. The number of carbonyl (C=O) groups excluding carboxylic acids is 3. The second-order valence-electron chi connectivity index (χ2n) is 14.7. The predicted molar refractivity (Wildman–Crippen MR) is 223 cm³/mol. The minimum absolute atomic E-state index is 0.0152. The number of amides is 1. The van der Waals surface area contributed by atoms with E-state index in [4.69, 9.17) is 25.8 Å². The van der Waals surface area contributed by atoms with Gasteiger partial charge in [-0.2, -0.15) is 0 Å². The van der Waals surface area contributed by atoms with Gasteiger partial charge in [0.05, 0.1) is 31.8 Å². The molecule has 5 rings (SSSR count). The summed E-state index contributed by atoms with van der Waals surface area (Å²) in [7, 11) is 0. The lowest BCUT2D eigenvalue weighted by atomic mass is 10.0. The number of aliphatic hydroxyl groups excluding tert-OH is 2. The SMILES string of the molecule is CC(C)n1c(/C=C/[C@@H](O)C[C@@H](O)CC(=O)OCCCOC(=O)C(C)(C)Oc2ccc(CCNC(=O)c3ccc(Cl)cc3)cc2)c(-c2ccc(F)cc2)c2ccccc21. The van der Waals surface area contributed by atoms with E-state index in [1.165, 1.54) is 12.1 Å². The van der Waals surface area contributed by atoms with Gasteiger partial charge in [0.25, 0.3) is 5.91 Å². The first-order chi connectivity index (χ1) is 27.7. The van der Waals surface area contributed by atoms with E-state index in [2.05, 4.69) is 23.7 Å². The number of hydrogen-bond donors (Lipinski definition) is 3. The molecule has 1 aromatic heterocycles. The standard InChI is InChI=1S/C46H50ClFN2O8/c1-30(2)50-40-9-6-5-8-39(40)43(32-14-18-35(48)19-15-32)41(50)23-20-36(51)28-37(52)29-42(53)56-26-7-27-57-45(55)46(3,4)58-38-21-10-31(11-22-38)24-25-49-44(54)33-12-16-34(47)17-13-33/h5-6,8-23,30,36-37,51-52H,7,24-29H2,1-4H3,(H,49,54)/b23-20+/t36-,37-/m1/s1. The molecular weight excluding hydrogens is 763 g/mol. The predicted octanol–water partition coefficient (Wildman–Crippen LogP) is 8.50. The van der Waals surface area contributed by atoms with Crippen LogP contribution < -0.4 is 10.1 Å². The van der Waals surface area contributed by atoms with E-state index < -0.39 is 29.7 Å². The average molecular weight is 813 g/mol. The summed E-state index contributed by atoms with van der Waals surface area (Å²) >= 11 is 5.88. The van der Waals surface area contributed by atoms with Gasteiger partial charge in [-0.1, -0.05) is 60.1 Å². The maximum absolute atomic E-state index is 13.8. The second kappa shape index (κ2) is 20.3. The molecule has 0 aliphatic rings. The molecule has 1 amide bonds. The van der Waals surface area contributed by atoms with Crippen LogP contribution in [-0.2, 0) is 25.5 Å². The fourth-order valence-electron chi connectivity index (χ4n) is 6.49. The Kier molecular flexibility index (Phi) is 15.3. The molecule has 0 saturated carbocycles. The lowest BCUT2D eigenvalue weighted by Crippen LogP contribution is -2.40. The summed E-state index contributed by atoms with van der Waals surface area (Å²) in [5, 5.41) is 25.8. The van der Waals surface area contributed by atoms with E-state index in [0.29, 0.717) is 29.3 Å². The molecule has 0 aliphatic heterocycles. The highest BCUT2D eigenvalue weighted by molar-refractivity contribution is 6.30. The summed E-state index contributed by atoms with van der Waals surface area (Å²) < 4.78 is 32.4. The normalized spacial score (nSPS) is 12.8. The lowest BCUT2D eigenvalue weighted by molar-refractivity contribution is -0.160. The van der Waals surface area contributed by atoms with Gasteiger partial charge in [0.2, 0.25) is 0 Å². The van der Waals surface area contributed by atoms with Crippen LogP contribution in [0, 0.1) is 5.82 Å². The average Bonchev–Trinajstić information content (AvgIpc) is 3.52. The van der Waals surface area contributed by atoms with Crippen molar-refractivity contribution in [1.82, 2.24) is 9.88 Å². The quantitative estimate of drug-likeness (QED) is 0.0558. The number of fused-ring (bicyclic) bond motifs is 1. The molecule has 5 aromatic rings. The molecule has 2 atom stereocenters. The summed E-state index contributed by atoms with van der Waals surface area (Å²) in [4.78, 5) is 37.5. The van der Waals surface area contributed by atoms with Gasteiger partial charge in [-0.3, -0.25) is 9.59 Å². The van der Waals surface area contributed by atoms with Crippen molar-refractivity contribution >= 4 is 46.4 Å². The number of halogens is 2. The molecule has 12 heteroatoms. The van der Waals surface area contributed by atoms with Crippen LogP contribution in [0.25, 0.3) is 28.1 Å². The Labute approximate surface area is 343 Å². The summed E-state index contributed by atoms with van der Waals surface area (Å²) in [6.45, 7) is 7.69. The van der Waals surface area contributed by atoms with Crippen molar-refractivity contribution in [2.24, 2.45) is 0 Å². The van der Waals surface area contributed by atoms with E-state index in [0.717, 1.165) is 33.3 Å². The number of nitrogens with one attached hydrogen (secondary N) is 1. The zero-order valence-corrected chi connectivity index (χ0v) is 33.9. The molecule has 10 nitrogen and oxygen atoms in total. The van der Waals surface area contributed by atoms with Crippen molar-refractivity contribution < 1.29 is 43.2 Å². The van der Waals surface area contributed by atoms with Crippen LogP contribution in [0.2, 0.25) is 5.02 Å². The zero-order chi connectivity index (χ0) is 41.8. The van der Waals surface area contributed by atoms with Crippen molar-refractivity contribution in [1.29, 1.82) is 0 Å². The van der Waals surface area contributed by atoms with Crippen molar-refractivity contribution in [2.75, 3.05) is 19.8 Å². The molecule has 0 fully saturated rings. The van der Waals surface area contributed by atoms with Crippen LogP contribution in [0.15, 0.2) is 103 Å². The number of benzene rings is 4. The topological polar surface area (TPSA) is 136 Å². The number of nitrogens with zero attached hydrogens (tertiary/aromatic N) is 1. The smallest absolute Gasteiger partial charge is 0.349 e. The maximum atomic E-state index is 13.8. The van der Waals surface area contributed by atoms with E-state index in [-0.39, 0.29) is 50.2 Å². The number of para-hydroxylation sites is 1. The molecule has 0 unspecified atom stereocenters. The number of carbonyl (C=O) groups is 3. The van der Waals surface area contributed by atoms with Gasteiger partial charge in [0.15, 0.2) is 5.60 Å². The van der Waals surface area contributed by atoms with Crippen LogP contribution in [0.5, 0.6) is 5.75 Å². The Balaban J connectivity index is 1.02. The second-order valence-corrected chi connectivity index (χ2v) is 15.2. The number of aliphatic hydroxyl groups is 2. The number of esters is 2. The maximum Gasteiger partial charge on any atom is 0.349 e. The van der Waals surface area contributed by atoms with Gasteiger partial charge in [0, 0.05) is 58.2 Å². The first-order valence-corrected chi connectivity index (χ1v) is 19.7. The molecule has 0 spiro atoms. The Morgan fingerprint density at radius 2 is 1.57 bits per heavy atom. The molecule has 1 heterocycles. The molecule has 3 N–H and O–H groups in total. The Morgan fingerprint density at radius 1 is 0.897 bits per heavy atom. The highest BCUT2D eigenvalue weighted by atomic mass is 35.5. The summed E-state index contributed by atoms with van der Waals surface area (Å²) in [5.41, 5.74) is 3.76. The summed E-state index contributed by atoms with van der Waals surface area (Å²) in [6, 6.07) is 28.1. The largest absolute Gasteiger partial charge is 0.476 e. The van der Waals surface area contributed by atoms with Crippen molar-refractivity contribution in [3.05, 3.63) is 131 Å². The summed E-state index contributed by atoms with van der Waals surface area (Å²) in [5.74, 6) is -1.29. The minimum atomic E-state index is -1.29. The van der Waals surface area contributed by atoms with Crippen molar-refractivity contribution in [2.45, 2.75) is 77.2 Å². The van der Waals surface area contributed by atoms with Crippen LogP contribution in [0.3, 0.4) is 0 Å². The molecule has 0 aliphatic carbocycles. The number of rotatable bonds is 19. The van der Waals surface area contributed by atoms with E-state index in [9.17, 15) is 29.0 Å². The fraction of sp³-hybridized carbons (Fsp3) is 0.326. The molecule has 4 aromatic carbocycles. The van der Waals surface area contributed by atoms with Gasteiger partial charge in [-0.05, 0) is 106 Å². The highest BCUT2D eigenvalue weighted by Gasteiger charge is 2.32. The van der Waals surface area contributed by atoms with Gasteiger partial charge in [-0.15, -0.1) is 0 Å². The van der Waals surface area contributed by atoms with Gasteiger partial charge >= 0.3 is 11.9 Å². The van der Waals surface area contributed by atoms with Crippen LogP contribution in [0.1, 0.15) is 74.6 Å². The van der Waals surface area contributed by atoms with Crippen molar-refractivity contribution in [3.8, 4) is 16.9 Å². The molecule has 0 bridgehead atoms. The van der Waals surface area contributed by atoms with Crippen LogP contribution in [0.4, 0.5) is 4.39 Å². The van der Waals surface area contributed by atoms with Crippen LogP contribution >= 0.6 is 11.6 Å². The molecular formula is C46H50ClFN2O8. The Bertz CT molecular complexity index is 2180. The van der Waals surface area contributed by atoms with E-state index in [1.54, 1.807) is 74.5 Å². The lowest BCUT2D eigenvalue weighted by Gasteiger charge is -2.24. The van der Waals surface area contributed by atoms with Crippen molar-refractivity contribution in [3.63, 3.8) is 0 Å². The molecule has 306 valence electrons. The molecule has 0 radical (unpaired) electrons. The first-order valence-electron chi connectivity index (χ1n) is 19.3. The minimum Gasteiger partial charge on any atom is -0.476 e. The van der Waals surface area contributed by atoms with Gasteiger partial charge in [0.1, 0.15) is 11.6 Å². The van der Waals surface area contributed by atoms with E-state index in [1.807, 2.05) is 36.4 Å². The number of aromatic nitrogens is 1. The number of hydrogen-bond acceptors (Lipinski definition) is 8. The fourth-order valence-corrected chi connectivity index (χ4v) is 6.61. The Morgan fingerprint density at radius 3 is 2.26 bits per heavy atom. The molecule has 58 heavy (non-hydrogen) atoms. The third kappa shape index (κ3) is 12.0. The van der Waals surface area contributed by atoms with E-state index >= 15 is 0 Å². The van der Waals surface area contributed by atoms with Gasteiger partial charge < -0.3 is 34.3 Å². The highest BCUT2D eigenvalue weighted by Crippen LogP contribution is 2.38. The number of ether oxygens (including phenoxy) is 3. The summed E-state index contributed by atoms with van der Waals surface area (Å²) in [6.07, 6.45) is 1.57. The van der Waals surface area contributed by atoms with Gasteiger partial charge in [-0.25, -0.2) is 9.18 Å².